The molecule has 76 valence electrons. The summed E-state index contributed by atoms with van der Waals surface area (Å²) in [6, 6.07) is -0.489. The highest BCUT2D eigenvalue weighted by molar-refractivity contribution is 5.75. The first-order chi connectivity index (χ1) is 6.24. The smallest absolute Gasteiger partial charge is 0.322 e. The van der Waals surface area contributed by atoms with Crippen molar-refractivity contribution >= 4 is 5.97 Å². The van der Waals surface area contributed by atoms with Gasteiger partial charge >= 0.3 is 5.97 Å². The monoisotopic (exact) mass is 187 g/mol. The van der Waals surface area contributed by atoms with Crippen LogP contribution in [-0.2, 0) is 14.3 Å². The van der Waals surface area contributed by atoms with E-state index in [-0.39, 0.29) is 5.97 Å². The Balaban J connectivity index is 2.25. The van der Waals surface area contributed by atoms with E-state index in [4.69, 9.17) is 10.5 Å². The molecule has 4 heteroatoms. The van der Waals surface area contributed by atoms with Crippen LogP contribution < -0.4 is 5.73 Å². The quantitative estimate of drug-likeness (QED) is 0.646. The molecule has 0 aromatic rings. The molecule has 2 atom stereocenters. The predicted octanol–water partition coefficient (Wildman–Crippen LogP) is 0.303. The van der Waals surface area contributed by atoms with Gasteiger partial charge in [-0.1, -0.05) is 0 Å². The lowest BCUT2D eigenvalue weighted by Crippen LogP contribution is -2.35. The van der Waals surface area contributed by atoms with Crippen molar-refractivity contribution in [2.24, 2.45) is 11.7 Å². The van der Waals surface area contributed by atoms with Crippen LogP contribution in [0.2, 0.25) is 0 Å². The SMILES string of the molecule is COC(=O)[C@H](N)C[C@@H]1CCCOC1. The first-order valence-electron chi connectivity index (χ1n) is 4.65. The van der Waals surface area contributed by atoms with Crippen molar-refractivity contribution in [2.45, 2.75) is 25.3 Å². The van der Waals surface area contributed by atoms with Gasteiger partial charge < -0.3 is 15.2 Å². The first kappa shape index (κ1) is 10.5. The summed E-state index contributed by atoms with van der Waals surface area (Å²) >= 11 is 0. The predicted molar refractivity (Wildman–Crippen MR) is 48.2 cm³/mol. The summed E-state index contributed by atoms with van der Waals surface area (Å²) in [5.74, 6) is 0.0911. The molecule has 1 aliphatic heterocycles. The lowest BCUT2D eigenvalue weighted by molar-refractivity contribution is -0.142. The van der Waals surface area contributed by atoms with E-state index >= 15 is 0 Å². The second-order valence-corrected chi connectivity index (χ2v) is 3.45. The van der Waals surface area contributed by atoms with Gasteiger partial charge in [-0.15, -0.1) is 0 Å². The van der Waals surface area contributed by atoms with Crippen molar-refractivity contribution < 1.29 is 14.3 Å². The Morgan fingerprint density at radius 3 is 3.08 bits per heavy atom. The molecule has 1 aliphatic rings. The van der Waals surface area contributed by atoms with Crippen molar-refractivity contribution in [1.82, 2.24) is 0 Å². The van der Waals surface area contributed by atoms with E-state index in [0.29, 0.717) is 12.3 Å². The maximum atomic E-state index is 11.0. The number of esters is 1. The average Bonchev–Trinajstić information content (AvgIpc) is 2.18. The van der Waals surface area contributed by atoms with Gasteiger partial charge in [-0.25, -0.2) is 0 Å². The number of hydrogen-bond acceptors (Lipinski definition) is 4. The van der Waals surface area contributed by atoms with Crippen molar-refractivity contribution in [3.63, 3.8) is 0 Å². The standard InChI is InChI=1S/C9H17NO3/c1-12-9(11)8(10)5-7-3-2-4-13-6-7/h7-8H,2-6,10H2,1H3/t7-,8+/m0/s1. The molecule has 2 N–H and O–H groups in total. The molecule has 0 saturated carbocycles. The van der Waals surface area contributed by atoms with Crippen molar-refractivity contribution in [2.75, 3.05) is 20.3 Å². The highest BCUT2D eigenvalue weighted by atomic mass is 16.5. The van der Waals surface area contributed by atoms with Crippen LogP contribution in [-0.4, -0.2) is 32.3 Å². The molecule has 4 nitrogen and oxygen atoms in total. The molecule has 1 rings (SSSR count). The molecule has 1 fully saturated rings. The molecule has 1 saturated heterocycles. The first-order valence-corrected chi connectivity index (χ1v) is 4.65. The van der Waals surface area contributed by atoms with E-state index in [9.17, 15) is 4.79 Å². The third-order valence-electron chi connectivity index (χ3n) is 2.35. The van der Waals surface area contributed by atoms with E-state index in [1.165, 1.54) is 7.11 Å². The molecule has 0 radical (unpaired) electrons. The summed E-state index contributed by atoms with van der Waals surface area (Å²) < 4.78 is 9.84. The van der Waals surface area contributed by atoms with Gasteiger partial charge in [0.25, 0.3) is 0 Å². The van der Waals surface area contributed by atoms with E-state index < -0.39 is 6.04 Å². The van der Waals surface area contributed by atoms with E-state index in [1.807, 2.05) is 0 Å². The number of methoxy groups -OCH3 is 1. The summed E-state index contributed by atoms with van der Waals surface area (Å²) in [7, 11) is 1.36. The number of rotatable bonds is 3. The fourth-order valence-corrected chi connectivity index (χ4v) is 1.60. The molecule has 0 aromatic heterocycles. The average molecular weight is 187 g/mol. The number of nitrogens with two attached hydrogens (primary N) is 1. The number of ether oxygens (including phenoxy) is 2. The Labute approximate surface area is 78.4 Å². The van der Waals surface area contributed by atoms with E-state index in [2.05, 4.69) is 4.74 Å². The van der Waals surface area contributed by atoms with Crippen LogP contribution >= 0.6 is 0 Å². The Hall–Kier alpha value is -0.610. The van der Waals surface area contributed by atoms with Gasteiger partial charge in [-0.3, -0.25) is 4.79 Å². The zero-order chi connectivity index (χ0) is 9.68. The van der Waals surface area contributed by atoms with Crippen LogP contribution in [0.15, 0.2) is 0 Å². The molecule has 13 heavy (non-hydrogen) atoms. The maximum absolute atomic E-state index is 11.0. The summed E-state index contributed by atoms with van der Waals surface area (Å²) in [6.45, 7) is 1.56. The van der Waals surface area contributed by atoms with Crippen LogP contribution in [0, 0.1) is 5.92 Å². The zero-order valence-corrected chi connectivity index (χ0v) is 7.99. The summed E-state index contributed by atoms with van der Waals surface area (Å²) in [5.41, 5.74) is 5.63. The van der Waals surface area contributed by atoms with Crippen molar-refractivity contribution in [3.8, 4) is 0 Å². The van der Waals surface area contributed by atoms with Gasteiger partial charge in [-0.05, 0) is 25.2 Å². The Morgan fingerprint density at radius 1 is 1.77 bits per heavy atom. The van der Waals surface area contributed by atoms with Crippen LogP contribution in [0.1, 0.15) is 19.3 Å². The summed E-state index contributed by atoms with van der Waals surface area (Å²) in [5, 5.41) is 0. The normalized spacial score (nSPS) is 25.2. The number of carbonyl (C=O) groups is 1. The Bertz CT molecular complexity index is 166. The van der Waals surface area contributed by atoms with Gasteiger partial charge in [0.05, 0.1) is 7.11 Å². The van der Waals surface area contributed by atoms with Gasteiger partial charge in [0.2, 0.25) is 0 Å². The van der Waals surface area contributed by atoms with Crippen LogP contribution in [0.5, 0.6) is 0 Å². The molecule has 0 spiro atoms. The van der Waals surface area contributed by atoms with Crippen LogP contribution in [0.25, 0.3) is 0 Å². The number of carbonyl (C=O) groups excluding carboxylic acids is 1. The van der Waals surface area contributed by atoms with Gasteiger partial charge in [0.1, 0.15) is 6.04 Å². The molecule has 0 unspecified atom stereocenters. The second kappa shape index (κ2) is 5.19. The third-order valence-corrected chi connectivity index (χ3v) is 2.35. The largest absolute Gasteiger partial charge is 0.468 e. The molecular formula is C9H17NO3. The molecule has 0 aliphatic carbocycles. The highest BCUT2D eigenvalue weighted by Gasteiger charge is 2.21. The van der Waals surface area contributed by atoms with Crippen LogP contribution in [0.3, 0.4) is 0 Å². The lowest BCUT2D eigenvalue weighted by atomic mass is 9.95. The van der Waals surface area contributed by atoms with Gasteiger partial charge in [-0.2, -0.15) is 0 Å². The highest BCUT2D eigenvalue weighted by Crippen LogP contribution is 2.18. The number of hydrogen-bond donors (Lipinski definition) is 1. The van der Waals surface area contributed by atoms with Gasteiger partial charge in [0.15, 0.2) is 0 Å². The zero-order valence-electron chi connectivity index (χ0n) is 7.99. The van der Waals surface area contributed by atoms with Crippen LogP contribution in [0.4, 0.5) is 0 Å². The minimum Gasteiger partial charge on any atom is -0.468 e. The molecule has 1 heterocycles. The molecule has 0 aromatic carbocycles. The Morgan fingerprint density at radius 2 is 2.54 bits per heavy atom. The van der Waals surface area contributed by atoms with E-state index in [0.717, 1.165) is 26.1 Å². The lowest BCUT2D eigenvalue weighted by Gasteiger charge is -2.23. The minimum absolute atomic E-state index is 0.328. The fraction of sp³-hybridized carbons (Fsp3) is 0.889. The van der Waals surface area contributed by atoms with Crippen molar-refractivity contribution in [3.05, 3.63) is 0 Å². The summed E-state index contributed by atoms with van der Waals surface area (Å²) in [6.07, 6.45) is 2.84. The van der Waals surface area contributed by atoms with Gasteiger partial charge in [0, 0.05) is 13.2 Å². The molecule has 0 bridgehead atoms. The molecular weight excluding hydrogens is 170 g/mol. The Kier molecular flexibility index (Phi) is 4.18. The van der Waals surface area contributed by atoms with E-state index in [1.54, 1.807) is 0 Å². The van der Waals surface area contributed by atoms with Crippen molar-refractivity contribution in [1.29, 1.82) is 0 Å². The molecule has 0 amide bonds. The summed E-state index contributed by atoms with van der Waals surface area (Å²) in [4.78, 5) is 11.0. The maximum Gasteiger partial charge on any atom is 0.322 e. The fourth-order valence-electron chi connectivity index (χ4n) is 1.60. The minimum atomic E-state index is -0.489. The second-order valence-electron chi connectivity index (χ2n) is 3.45. The third kappa shape index (κ3) is 3.32. The topological polar surface area (TPSA) is 61.5 Å².